The molecule has 0 aromatic heterocycles. The maximum Gasteiger partial charge on any atom is 0.123 e. The van der Waals surface area contributed by atoms with Gasteiger partial charge in [0, 0.05) is 0 Å². The number of hydrogen-bond donors (Lipinski definition) is 3. The zero-order valence-corrected chi connectivity index (χ0v) is 15.5. The van der Waals surface area contributed by atoms with Crippen LogP contribution in [-0.4, -0.2) is 16.3 Å². The van der Waals surface area contributed by atoms with Crippen LogP contribution in [0.25, 0.3) is 0 Å². The lowest BCUT2D eigenvalue weighted by Gasteiger charge is -2.35. The number of rotatable bonds is 3. The van der Waals surface area contributed by atoms with E-state index in [4.69, 9.17) is 5.73 Å². The largest absolute Gasteiger partial charge is 0.507 e. The van der Waals surface area contributed by atoms with Crippen LogP contribution in [0.15, 0.2) is 12.1 Å². The number of benzene rings is 1. The average Bonchev–Trinajstić information content (AvgIpc) is 2.33. The molecule has 1 fully saturated rings. The lowest BCUT2D eigenvalue weighted by molar-refractivity contribution is 0.0413. The van der Waals surface area contributed by atoms with Gasteiger partial charge in [0.2, 0.25) is 0 Å². The summed E-state index contributed by atoms with van der Waals surface area (Å²) in [6, 6.07) is 3.57. The predicted octanol–water partition coefficient (Wildman–Crippen LogP) is 4.15. The number of aliphatic hydroxyl groups is 1. The topological polar surface area (TPSA) is 66.5 Å². The van der Waals surface area contributed by atoms with Crippen molar-refractivity contribution in [2.24, 2.45) is 11.7 Å². The van der Waals surface area contributed by atoms with Crippen LogP contribution >= 0.6 is 0 Å². The first-order valence-corrected chi connectivity index (χ1v) is 8.74. The van der Waals surface area contributed by atoms with Gasteiger partial charge in [-0.2, -0.15) is 0 Å². The van der Waals surface area contributed by atoms with Gasteiger partial charge in [0.05, 0.1) is 12.1 Å². The van der Waals surface area contributed by atoms with E-state index in [9.17, 15) is 10.2 Å². The maximum absolute atomic E-state index is 10.8. The van der Waals surface area contributed by atoms with Gasteiger partial charge in [-0.1, -0.05) is 48.0 Å². The lowest BCUT2D eigenvalue weighted by Crippen LogP contribution is -2.36. The number of aliphatic hydroxyl groups excluding tert-OH is 1. The highest BCUT2D eigenvalue weighted by Crippen LogP contribution is 2.42. The Hall–Kier alpha value is -1.06. The average molecular weight is 319 g/mol. The van der Waals surface area contributed by atoms with E-state index in [0.717, 1.165) is 29.5 Å². The van der Waals surface area contributed by atoms with Crippen molar-refractivity contribution in [3.05, 3.63) is 28.8 Å². The van der Waals surface area contributed by atoms with Crippen molar-refractivity contribution in [1.82, 2.24) is 0 Å². The van der Waals surface area contributed by atoms with Crippen molar-refractivity contribution in [1.29, 1.82) is 0 Å². The van der Waals surface area contributed by atoms with Crippen molar-refractivity contribution >= 4 is 0 Å². The second kappa shape index (κ2) is 6.10. The number of nitrogens with two attached hydrogens (primary N) is 1. The second-order valence-corrected chi connectivity index (χ2v) is 9.17. The summed E-state index contributed by atoms with van der Waals surface area (Å²) < 4.78 is 0. The molecule has 0 spiro atoms. The van der Waals surface area contributed by atoms with Gasteiger partial charge in [-0.25, -0.2) is 0 Å². The fourth-order valence-corrected chi connectivity index (χ4v) is 3.26. The minimum absolute atomic E-state index is 0.179. The van der Waals surface area contributed by atoms with Crippen molar-refractivity contribution in [2.45, 2.75) is 83.8 Å². The van der Waals surface area contributed by atoms with Crippen LogP contribution in [-0.2, 0) is 10.8 Å². The van der Waals surface area contributed by atoms with Crippen LogP contribution in [0, 0.1) is 5.92 Å². The molecule has 23 heavy (non-hydrogen) atoms. The molecular formula is C20H33NO2. The minimum atomic E-state index is -0.506. The van der Waals surface area contributed by atoms with Gasteiger partial charge in [-0.3, -0.25) is 0 Å². The summed E-state index contributed by atoms with van der Waals surface area (Å²) in [4.78, 5) is 0. The molecule has 3 heteroatoms. The van der Waals surface area contributed by atoms with E-state index in [1.807, 2.05) is 12.1 Å². The molecule has 0 bridgehead atoms. The van der Waals surface area contributed by atoms with E-state index in [0.29, 0.717) is 11.7 Å². The monoisotopic (exact) mass is 319 g/mol. The molecule has 1 saturated carbocycles. The molecule has 1 aromatic rings. The number of phenols is 1. The molecule has 1 aliphatic rings. The summed E-state index contributed by atoms with van der Waals surface area (Å²) >= 11 is 0. The molecule has 0 saturated heterocycles. The van der Waals surface area contributed by atoms with Crippen LogP contribution in [0.4, 0.5) is 0 Å². The van der Waals surface area contributed by atoms with E-state index in [2.05, 4.69) is 41.5 Å². The number of phenolic OH excluding ortho intramolecular Hbond substituents is 1. The third kappa shape index (κ3) is 3.72. The SMILES string of the molecule is CC(C)(C)c1cc([C@H](N)[C@H](O)C2CCC2)cc(C(C)(C)C)c1O. The Morgan fingerprint density at radius 1 is 1.00 bits per heavy atom. The van der Waals surface area contributed by atoms with E-state index in [-0.39, 0.29) is 10.8 Å². The zero-order valence-electron chi connectivity index (χ0n) is 15.5. The summed E-state index contributed by atoms with van der Waals surface area (Å²) in [6.07, 6.45) is 2.80. The molecule has 0 aliphatic heterocycles. The van der Waals surface area contributed by atoms with Gasteiger partial charge >= 0.3 is 0 Å². The van der Waals surface area contributed by atoms with Crippen LogP contribution in [0.1, 0.15) is 83.5 Å². The summed E-state index contributed by atoms with van der Waals surface area (Å²) in [6.45, 7) is 12.5. The maximum atomic E-state index is 10.8. The first kappa shape index (κ1) is 18.3. The third-order valence-corrected chi connectivity index (χ3v) is 5.13. The van der Waals surface area contributed by atoms with E-state index < -0.39 is 12.1 Å². The summed E-state index contributed by atoms with van der Waals surface area (Å²) in [5.41, 5.74) is 8.76. The molecule has 130 valence electrons. The Morgan fingerprint density at radius 2 is 1.43 bits per heavy atom. The minimum Gasteiger partial charge on any atom is -0.507 e. The van der Waals surface area contributed by atoms with Gasteiger partial charge in [0.15, 0.2) is 0 Å². The van der Waals surface area contributed by atoms with Crippen LogP contribution in [0.3, 0.4) is 0 Å². The van der Waals surface area contributed by atoms with Crippen molar-refractivity contribution < 1.29 is 10.2 Å². The normalized spacial score (nSPS) is 19.3. The Kier molecular flexibility index (Phi) is 4.85. The standard InChI is InChI=1S/C20H33NO2/c1-19(2,3)14-10-13(11-15(18(14)23)20(4,5)6)16(21)17(22)12-8-7-9-12/h10-12,16-17,22-23H,7-9,21H2,1-6H3/t16-,17+/m0/s1. The summed E-state index contributed by atoms with van der Waals surface area (Å²) in [5, 5.41) is 21.3. The van der Waals surface area contributed by atoms with Gasteiger partial charge in [0.1, 0.15) is 5.75 Å². The summed E-state index contributed by atoms with van der Waals surface area (Å²) in [7, 11) is 0. The first-order chi connectivity index (χ1) is 10.4. The smallest absolute Gasteiger partial charge is 0.123 e. The van der Waals surface area contributed by atoms with E-state index >= 15 is 0 Å². The molecule has 0 heterocycles. The molecule has 0 unspecified atom stereocenters. The zero-order chi connectivity index (χ0) is 17.6. The molecule has 0 radical (unpaired) electrons. The highest BCUT2D eigenvalue weighted by Gasteiger charge is 2.33. The van der Waals surface area contributed by atoms with E-state index in [1.54, 1.807) is 0 Å². The van der Waals surface area contributed by atoms with Gasteiger partial charge < -0.3 is 15.9 Å². The highest BCUT2D eigenvalue weighted by atomic mass is 16.3. The Labute approximate surface area is 140 Å². The summed E-state index contributed by atoms with van der Waals surface area (Å²) in [5.74, 6) is 0.675. The van der Waals surface area contributed by atoms with Crippen molar-refractivity contribution in [3.63, 3.8) is 0 Å². The molecule has 3 nitrogen and oxygen atoms in total. The second-order valence-electron chi connectivity index (χ2n) is 9.17. The Balaban J connectivity index is 2.51. The van der Waals surface area contributed by atoms with Crippen LogP contribution in [0.5, 0.6) is 5.75 Å². The van der Waals surface area contributed by atoms with Crippen LogP contribution < -0.4 is 5.73 Å². The molecule has 1 aromatic carbocycles. The molecule has 2 atom stereocenters. The van der Waals surface area contributed by atoms with Gasteiger partial charge in [-0.15, -0.1) is 0 Å². The quantitative estimate of drug-likeness (QED) is 0.784. The first-order valence-electron chi connectivity index (χ1n) is 8.74. The molecular weight excluding hydrogens is 286 g/mol. The molecule has 1 aliphatic carbocycles. The molecule has 4 N–H and O–H groups in total. The fraction of sp³-hybridized carbons (Fsp3) is 0.700. The fourth-order valence-electron chi connectivity index (χ4n) is 3.26. The highest BCUT2D eigenvalue weighted by molar-refractivity contribution is 5.50. The number of hydrogen-bond acceptors (Lipinski definition) is 3. The number of aromatic hydroxyl groups is 1. The third-order valence-electron chi connectivity index (χ3n) is 5.13. The Bertz CT molecular complexity index is 527. The van der Waals surface area contributed by atoms with Crippen molar-refractivity contribution in [2.75, 3.05) is 0 Å². The van der Waals surface area contributed by atoms with Crippen LogP contribution in [0.2, 0.25) is 0 Å². The van der Waals surface area contributed by atoms with Crippen molar-refractivity contribution in [3.8, 4) is 5.75 Å². The van der Waals surface area contributed by atoms with E-state index in [1.165, 1.54) is 6.42 Å². The molecule has 2 rings (SSSR count). The van der Waals surface area contributed by atoms with Gasteiger partial charge in [-0.05, 0) is 58.4 Å². The molecule has 0 amide bonds. The Morgan fingerprint density at radius 3 is 1.74 bits per heavy atom. The lowest BCUT2D eigenvalue weighted by atomic mass is 9.74. The predicted molar refractivity (Wildman–Crippen MR) is 95.8 cm³/mol. The van der Waals surface area contributed by atoms with Gasteiger partial charge in [0.25, 0.3) is 0 Å².